The molecule has 0 unspecified atom stereocenters. The first-order chi connectivity index (χ1) is 12.7. The number of esters is 1. The van der Waals surface area contributed by atoms with Crippen molar-refractivity contribution in [2.45, 2.75) is 25.0 Å². The highest BCUT2D eigenvalue weighted by molar-refractivity contribution is 5.83. The lowest BCUT2D eigenvalue weighted by atomic mass is 9.93. The number of amides is 1. The molecule has 136 valence electrons. The fourth-order valence-electron chi connectivity index (χ4n) is 4.27. The summed E-state index contributed by atoms with van der Waals surface area (Å²) in [6.07, 6.45) is 4.04. The Balaban J connectivity index is 1.60. The van der Waals surface area contributed by atoms with Crippen molar-refractivity contribution in [2.75, 3.05) is 20.2 Å². The van der Waals surface area contributed by atoms with Crippen molar-refractivity contribution in [1.29, 1.82) is 0 Å². The third-order valence-electron chi connectivity index (χ3n) is 5.31. The number of aromatic amines is 1. The lowest BCUT2D eigenvalue weighted by molar-refractivity contribution is -0.147. The number of nitrogens with one attached hydrogen (secondary N) is 1. The first-order valence-corrected chi connectivity index (χ1v) is 8.81. The van der Waals surface area contributed by atoms with Gasteiger partial charge < -0.3 is 14.6 Å². The SMILES string of the molecule is COC(=O)[C@H]1C[C@H]2CN(Cc3cnc[nH]3)CC(=O)N2[C@H]1c1ccccc1. The van der Waals surface area contributed by atoms with Crippen LogP contribution in [0.3, 0.4) is 0 Å². The Kier molecular flexibility index (Phi) is 4.46. The second-order valence-corrected chi connectivity index (χ2v) is 6.92. The number of imidazole rings is 1. The largest absolute Gasteiger partial charge is 0.469 e. The van der Waals surface area contributed by atoms with Crippen LogP contribution in [0.1, 0.15) is 23.7 Å². The van der Waals surface area contributed by atoms with Gasteiger partial charge in [-0.05, 0) is 12.0 Å². The van der Waals surface area contributed by atoms with Crippen molar-refractivity contribution in [3.05, 3.63) is 54.1 Å². The molecule has 1 amide bonds. The van der Waals surface area contributed by atoms with Crippen LogP contribution in [0.2, 0.25) is 0 Å². The van der Waals surface area contributed by atoms with E-state index in [-0.39, 0.29) is 29.9 Å². The average molecular weight is 354 g/mol. The molecule has 4 rings (SSSR count). The molecule has 2 aliphatic heterocycles. The van der Waals surface area contributed by atoms with Crippen molar-refractivity contribution in [2.24, 2.45) is 5.92 Å². The third kappa shape index (κ3) is 2.99. The monoisotopic (exact) mass is 354 g/mol. The van der Waals surface area contributed by atoms with E-state index in [4.69, 9.17) is 4.74 Å². The zero-order valence-electron chi connectivity index (χ0n) is 14.7. The second kappa shape index (κ2) is 6.92. The zero-order chi connectivity index (χ0) is 18.1. The summed E-state index contributed by atoms with van der Waals surface area (Å²) in [5.74, 6) is -0.523. The number of benzene rings is 1. The second-order valence-electron chi connectivity index (χ2n) is 6.92. The predicted molar refractivity (Wildman–Crippen MR) is 93.8 cm³/mol. The van der Waals surface area contributed by atoms with Crippen molar-refractivity contribution >= 4 is 11.9 Å². The van der Waals surface area contributed by atoms with Crippen molar-refractivity contribution in [3.63, 3.8) is 0 Å². The Bertz CT molecular complexity index is 777. The van der Waals surface area contributed by atoms with E-state index in [0.717, 1.165) is 17.8 Å². The molecular formula is C19H22N4O3. The lowest BCUT2D eigenvalue weighted by Gasteiger charge is -2.40. The van der Waals surface area contributed by atoms with Gasteiger partial charge in [0, 0.05) is 31.0 Å². The number of ether oxygens (including phenoxy) is 1. The van der Waals surface area contributed by atoms with Crippen LogP contribution in [-0.2, 0) is 20.9 Å². The van der Waals surface area contributed by atoms with Gasteiger partial charge in [-0.1, -0.05) is 30.3 Å². The number of carbonyl (C=O) groups is 2. The van der Waals surface area contributed by atoms with E-state index in [2.05, 4.69) is 14.9 Å². The van der Waals surface area contributed by atoms with Crippen LogP contribution in [-0.4, -0.2) is 57.9 Å². The Labute approximate surface area is 152 Å². The van der Waals surface area contributed by atoms with E-state index < -0.39 is 0 Å². The Hall–Kier alpha value is -2.67. The lowest BCUT2D eigenvalue weighted by Crippen LogP contribution is -2.54. The van der Waals surface area contributed by atoms with Gasteiger partial charge in [0.1, 0.15) is 0 Å². The number of hydrogen-bond acceptors (Lipinski definition) is 5. The van der Waals surface area contributed by atoms with Crippen molar-refractivity contribution in [3.8, 4) is 0 Å². The van der Waals surface area contributed by atoms with Crippen LogP contribution in [0.15, 0.2) is 42.9 Å². The Morgan fingerprint density at radius 2 is 2.15 bits per heavy atom. The molecule has 0 saturated carbocycles. The molecule has 1 aromatic heterocycles. The molecule has 1 N–H and O–H groups in total. The molecule has 2 fully saturated rings. The number of fused-ring (bicyclic) bond motifs is 1. The number of hydrogen-bond donors (Lipinski definition) is 1. The summed E-state index contributed by atoms with van der Waals surface area (Å²) in [5.41, 5.74) is 1.97. The molecule has 26 heavy (non-hydrogen) atoms. The molecule has 1 aromatic carbocycles. The maximum Gasteiger partial charge on any atom is 0.311 e. The summed E-state index contributed by atoms with van der Waals surface area (Å²) in [5, 5.41) is 0. The maximum absolute atomic E-state index is 13.0. The van der Waals surface area contributed by atoms with Gasteiger partial charge >= 0.3 is 5.97 Å². The van der Waals surface area contributed by atoms with Crippen LogP contribution < -0.4 is 0 Å². The summed E-state index contributed by atoms with van der Waals surface area (Å²) >= 11 is 0. The number of carbonyl (C=O) groups excluding carboxylic acids is 2. The minimum absolute atomic E-state index is 0.00785. The van der Waals surface area contributed by atoms with Crippen LogP contribution in [0, 0.1) is 5.92 Å². The summed E-state index contributed by atoms with van der Waals surface area (Å²) in [4.78, 5) is 36.5. The Morgan fingerprint density at radius 3 is 2.85 bits per heavy atom. The number of methoxy groups -OCH3 is 1. The molecule has 7 heteroatoms. The first-order valence-electron chi connectivity index (χ1n) is 8.81. The molecule has 0 spiro atoms. The summed E-state index contributed by atoms with van der Waals surface area (Å²) < 4.78 is 5.04. The first kappa shape index (κ1) is 16.8. The van der Waals surface area contributed by atoms with Crippen LogP contribution >= 0.6 is 0 Å². The smallest absolute Gasteiger partial charge is 0.311 e. The quantitative estimate of drug-likeness (QED) is 0.839. The average Bonchev–Trinajstić information content (AvgIpc) is 3.29. The van der Waals surface area contributed by atoms with E-state index in [9.17, 15) is 9.59 Å². The van der Waals surface area contributed by atoms with Gasteiger partial charge in [-0.3, -0.25) is 14.5 Å². The fraction of sp³-hybridized carbons (Fsp3) is 0.421. The minimum Gasteiger partial charge on any atom is -0.469 e. The zero-order valence-corrected chi connectivity index (χ0v) is 14.7. The number of H-pyrrole nitrogens is 1. The van der Waals surface area contributed by atoms with Crippen LogP contribution in [0.4, 0.5) is 0 Å². The van der Waals surface area contributed by atoms with Gasteiger partial charge in [0.25, 0.3) is 0 Å². The molecule has 0 bridgehead atoms. The van der Waals surface area contributed by atoms with Gasteiger partial charge in [0.15, 0.2) is 0 Å². The highest BCUT2D eigenvalue weighted by Gasteiger charge is 2.50. The molecule has 2 aliphatic rings. The number of nitrogens with zero attached hydrogens (tertiary/aromatic N) is 3. The van der Waals surface area contributed by atoms with E-state index in [1.807, 2.05) is 35.2 Å². The third-order valence-corrected chi connectivity index (χ3v) is 5.31. The topological polar surface area (TPSA) is 78.5 Å². The molecule has 3 atom stereocenters. The van der Waals surface area contributed by atoms with Gasteiger partial charge in [0.2, 0.25) is 5.91 Å². The number of rotatable bonds is 4. The highest BCUT2D eigenvalue weighted by Crippen LogP contribution is 2.43. The van der Waals surface area contributed by atoms with Crippen molar-refractivity contribution in [1.82, 2.24) is 19.8 Å². The summed E-state index contributed by atoms with van der Waals surface area (Å²) in [6, 6.07) is 9.53. The molecule has 2 saturated heterocycles. The summed E-state index contributed by atoms with van der Waals surface area (Å²) in [7, 11) is 1.41. The predicted octanol–water partition coefficient (Wildman–Crippen LogP) is 1.36. The molecule has 7 nitrogen and oxygen atoms in total. The van der Waals surface area contributed by atoms with E-state index in [0.29, 0.717) is 19.5 Å². The van der Waals surface area contributed by atoms with Crippen molar-refractivity contribution < 1.29 is 14.3 Å². The molecule has 0 radical (unpaired) electrons. The fourth-order valence-corrected chi connectivity index (χ4v) is 4.27. The Morgan fingerprint density at radius 1 is 1.35 bits per heavy atom. The minimum atomic E-state index is -0.330. The molecule has 3 heterocycles. The molecule has 0 aliphatic carbocycles. The van der Waals surface area contributed by atoms with Crippen LogP contribution in [0.25, 0.3) is 0 Å². The number of piperazine rings is 1. The molecular weight excluding hydrogens is 332 g/mol. The standard InChI is InChI=1S/C19H22N4O3/c1-26-19(25)16-7-15-10-22(9-14-8-20-12-21-14)11-17(24)23(15)18(16)13-5-3-2-4-6-13/h2-6,8,12,15-16,18H,7,9-11H2,1H3,(H,20,21)/t15-,16-,18-/m0/s1. The van der Waals surface area contributed by atoms with Gasteiger partial charge in [-0.2, -0.15) is 0 Å². The van der Waals surface area contributed by atoms with Gasteiger partial charge in [0.05, 0.1) is 31.9 Å². The van der Waals surface area contributed by atoms with E-state index >= 15 is 0 Å². The van der Waals surface area contributed by atoms with E-state index in [1.54, 1.807) is 12.5 Å². The maximum atomic E-state index is 13.0. The van der Waals surface area contributed by atoms with Gasteiger partial charge in [-0.15, -0.1) is 0 Å². The summed E-state index contributed by atoms with van der Waals surface area (Å²) in [6.45, 7) is 1.73. The van der Waals surface area contributed by atoms with E-state index in [1.165, 1.54) is 7.11 Å². The highest BCUT2D eigenvalue weighted by atomic mass is 16.5. The molecule has 2 aromatic rings. The van der Waals surface area contributed by atoms with Gasteiger partial charge in [-0.25, -0.2) is 4.98 Å². The van der Waals surface area contributed by atoms with Crippen LogP contribution in [0.5, 0.6) is 0 Å². The number of aromatic nitrogens is 2. The normalized spacial score (nSPS) is 26.0.